The number of aromatic nitrogens is 2. The SMILES string of the molecule is CC1CCCN(S(=O)(=O)c2ccc3c(c2)nc(SCc2cc(Cl)cc4c2OCOC4)n3CC2CCCO2)C1. The molecule has 2 saturated heterocycles. The molecule has 4 heterocycles. The Bertz CT molecular complexity index is 1440. The summed E-state index contributed by atoms with van der Waals surface area (Å²) >= 11 is 7.98. The molecule has 3 aliphatic rings. The molecule has 6 rings (SSSR count). The number of halogens is 1. The molecule has 2 fully saturated rings. The van der Waals surface area contributed by atoms with Crippen molar-refractivity contribution in [2.75, 3.05) is 26.5 Å². The first-order valence-electron chi connectivity index (χ1n) is 13.1. The highest BCUT2D eigenvalue weighted by Crippen LogP contribution is 2.37. The number of ether oxygens (including phenoxy) is 3. The fourth-order valence-corrected chi connectivity index (χ4v) is 8.42. The van der Waals surface area contributed by atoms with Crippen LogP contribution in [-0.2, 0) is 38.4 Å². The topological polar surface area (TPSA) is 82.9 Å². The maximum Gasteiger partial charge on any atom is 0.243 e. The second-order valence-corrected chi connectivity index (χ2v) is 13.7. The van der Waals surface area contributed by atoms with Crippen LogP contribution in [0.4, 0.5) is 0 Å². The van der Waals surface area contributed by atoms with Crippen LogP contribution in [-0.4, -0.2) is 54.9 Å². The van der Waals surface area contributed by atoms with E-state index in [1.54, 1.807) is 28.2 Å². The van der Waals surface area contributed by atoms with Crippen LogP contribution in [0, 0.1) is 5.92 Å². The van der Waals surface area contributed by atoms with E-state index in [2.05, 4.69) is 11.5 Å². The lowest BCUT2D eigenvalue weighted by molar-refractivity contribution is -0.0168. The Balaban J connectivity index is 1.33. The Labute approximate surface area is 232 Å². The lowest BCUT2D eigenvalue weighted by atomic mass is 10.0. The summed E-state index contributed by atoms with van der Waals surface area (Å²) in [7, 11) is -3.57. The zero-order valence-corrected chi connectivity index (χ0v) is 23.8. The summed E-state index contributed by atoms with van der Waals surface area (Å²) in [5.41, 5.74) is 3.51. The van der Waals surface area contributed by atoms with Gasteiger partial charge in [-0.2, -0.15) is 4.31 Å². The Morgan fingerprint density at radius 2 is 2.08 bits per heavy atom. The summed E-state index contributed by atoms with van der Waals surface area (Å²) in [6.07, 6.45) is 4.11. The number of thioether (sulfide) groups is 1. The van der Waals surface area contributed by atoms with Gasteiger partial charge in [0.1, 0.15) is 5.75 Å². The van der Waals surface area contributed by atoms with Crippen molar-refractivity contribution < 1.29 is 22.6 Å². The third kappa shape index (κ3) is 5.31. The Morgan fingerprint density at radius 1 is 1.18 bits per heavy atom. The van der Waals surface area contributed by atoms with E-state index in [1.807, 2.05) is 18.2 Å². The zero-order valence-electron chi connectivity index (χ0n) is 21.4. The first-order valence-corrected chi connectivity index (χ1v) is 16.0. The monoisotopic (exact) mass is 577 g/mol. The van der Waals surface area contributed by atoms with Gasteiger partial charge in [-0.25, -0.2) is 13.4 Å². The predicted molar refractivity (Wildman–Crippen MR) is 147 cm³/mol. The Kier molecular flexibility index (Phi) is 7.63. The van der Waals surface area contributed by atoms with E-state index in [0.717, 1.165) is 59.8 Å². The average Bonchev–Trinajstić information content (AvgIpc) is 3.55. The largest absolute Gasteiger partial charge is 0.467 e. The second-order valence-electron chi connectivity index (χ2n) is 10.4. The standard InChI is InChI=1S/C27H32ClN3O5S2/c1-18-4-2-8-30(13-18)38(32,33)23-6-7-25-24(12-23)29-27(31(25)14-22-5-3-9-35-22)37-16-20-11-21(28)10-19-15-34-17-36-26(19)20/h6-7,10-12,18,22H,2-5,8-9,13-17H2,1H3. The van der Waals surface area contributed by atoms with Crippen LogP contribution in [0.15, 0.2) is 40.4 Å². The minimum Gasteiger partial charge on any atom is -0.467 e. The van der Waals surface area contributed by atoms with Crippen molar-refractivity contribution >= 4 is 44.4 Å². The van der Waals surface area contributed by atoms with Gasteiger partial charge >= 0.3 is 0 Å². The van der Waals surface area contributed by atoms with E-state index in [0.29, 0.717) is 53.3 Å². The molecule has 0 amide bonds. The zero-order chi connectivity index (χ0) is 26.3. The number of rotatable bonds is 7. The van der Waals surface area contributed by atoms with E-state index in [4.69, 9.17) is 30.8 Å². The minimum atomic E-state index is -3.57. The molecule has 0 N–H and O–H groups in total. The van der Waals surface area contributed by atoms with Crippen LogP contribution < -0.4 is 4.74 Å². The van der Waals surface area contributed by atoms with Gasteiger partial charge in [-0.05, 0) is 61.9 Å². The van der Waals surface area contributed by atoms with Gasteiger partial charge in [0.2, 0.25) is 10.0 Å². The molecule has 11 heteroatoms. The molecule has 2 aromatic carbocycles. The summed E-state index contributed by atoms with van der Waals surface area (Å²) in [6.45, 7) is 5.37. The molecule has 38 heavy (non-hydrogen) atoms. The lowest BCUT2D eigenvalue weighted by Gasteiger charge is -2.30. The number of fused-ring (bicyclic) bond motifs is 2. The molecule has 204 valence electrons. The summed E-state index contributed by atoms with van der Waals surface area (Å²) in [5, 5.41) is 1.46. The highest BCUT2D eigenvalue weighted by molar-refractivity contribution is 7.98. The lowest BCUT2D eigenvalue weighted by Crippen LogP contribution is -2.39. The molecular formula is C27H32ClN3O5S2. The van der Waals surface area contributed by atoms with Crippen LogP contribution in [0.3, 0.4) is 0 Å². The van der Waals surface area contributed by atoms with Crippen LogP contribution in [0.1, 0.15) is 43.7 Å². The molecule has 2 unspecified atom stereocenters. The summed E-state index contributed by atoms with van der Waals surface area (Å²) in [5.74, 6) is 1.79. The van der Waals surface area contributed by atoms with E-state index >= 15 is 0 Å². The van der Waals surface area contributed by atoms with Crippen molar-refractivity contribution in [3.05, 3.63) is 46.5 Å². The molecule has 0 bridgehead atoms. The van der Waals surface area contributed by atoms with Gasteiger partial charge in [-0.3, -0.25) is 0 Å². The van der Waals surface area contributed by atoms with E-state index in [1.165, 1.54) is 0 Å². The van der Waals surface area contributed by atoms with E-state index in [9.17, 15) is 8.42 Å². The van der Waals surface area contributed by atoms with Crippen molar-refractivity contribution in [3.63, 3.8) is 0 Å². The van der Waals surface area contributed by atoms with E-state index < -0.39 is 10.0 Å². The van der Waals surface area contributed by atoms with Gasteiger partial charge in [0.05, 0.1) is 35.2 Å². The Morgan fingerprint density at radius 3 is 2.89 bits per heavy atom. The third-order valence-corrected chi connectivity index (χ3v) is 10.6. The van der Waals surface area contributed by atoms with Crippen LogP contribution >= 0.6 is 23.4 Å². The highest BCUT2D eigenvalue weighted by atomic mass is 35.5. The van der Waals surface area contributed by atoms with Crippen LogP contribution in [0.5, 0.6) is 5.75 Å². The number of nitrogens with zero attached hydrogens (tertiary/aromatic N) is 3. The second kappa shape index (κ2) is 11.0. The Hall–Kier alpha value is -1.82. The van der Waals surface area contributed by atoms with Gasteiger partial charge in [-0.15, -0.1) is 0 Å². The normalized spacial score (nSPS) is 22.5. The highest BCUT2D eigenvalue weighted by Gasteiger charge is 2.30. The smallest absolute Gasteiger partial charge is 0.243 e. The number of sulfonamides is 1. The first kappa shape index (κ1) is 26.4. The summed E-state index contributed by atoms with van der Waals surface area (Å²) < 4.78 is 47.9. The molecule has 3 aromatic rings. The summed E-state index contributed by atoms with van der Waals surface area (Å²) in [6, 6.07) is 9.14. The number of hydrogen-bond acceptors (Lipinski definition) is 7. The number of imidazole rings is 1. The quantitative estimate of drug-likeness (QED) is 0.345. The maximum absolute atomic E-state index is 13.5. The first-order chi connectivity index (χ1) is 18.4. The molecule has 8 nitrogen and oxygen atoms in total. The average molecular weight is 578 g/mol. The van der Waals surface area contributed by atoms with Crippen molar-refractivity contribution in [1.29, 1.82) is 0 Å². The fraction of sp³-hybridized carbons (Fsp3) is 0.519. The maximum atomic E-state index is 13.5. The molecule has 0 aliphatic carbocycles. The van der Waals surface area contributed by atoms with Crippen LogP contribution in [0.25, 0.3) is 11.0 Å². The molecule has 0 spiro atoms. The van der Waals surface area contributed by atoms with Gasteiger partial charge in [0.15, 0.2) is 11.9 Å². The van der Waals surface area contributed by atoms with Gasteiger partial charge in [-0.1, -0.05) is 30.3 Å². The molecule has 3 aliphatic heterocycles. The van der Waals surface area contributed by atoms with E-state index in [-0.39, 0.29) is 12.9 Å². The number of hydrogen-bond donors (Lipinski definition) is 0. The fourth-order valence-electron chi connectivity index (χ4n) is 5.55. The van der Waals surface area contributed by atoms with Crippen molar-refractivity contribution in [3.8, 4) is 5.75 Å². The molecule has 0 saturated carbocycles. The van der Waals surface area contributed by atoms with Gasteiger partial charge in [0.25, 0.3) is 0 Å². The molecule has 0 radical (unpaired) electrons. The molecule has 1 aromatic heterocycles. The molecular weight excluding hydrogens is 546 g/mol. The minimum absolute atomic E-state index is 0.115. The van der Waals surface area contributed by atoms with Crippen molar-refractivity contribution in [2.24, 2.45) is 5.92 Å². The van der Waals surface area contributed by atoms with Crippen LogP contribution in [0.2, 0.25) is 5.02 Å². The van der Waals surface area contributed by atoms with Gasteiger partial charge < -0.3 is 18.8 Å². The third-order valence-electron chi connectivity index (χ3n) is 7.46. The predicted octanol–water partition coefficient (Wildman–Crippen LogP) is 5.45. The van der Waals surface area contributed by atoms with Crippen molar-refractivity contribution in [1.82, 2.24) is 13.9 Å². The van der Waals surface area contributed by atoms with Crippen molar-refractivity contribution in [2.45, 2.75) is 67.7 Å². The molecule has 2 atom stereocenters. The number of piperidine rings is 1. The summed E-state index contributed by atoms with van der Waals surface area (Å²) in [4.78, 5) is 5.23. The van der Waals surface area contributed by atoms with Gasteiger partial charge in [0, 0.05) is 41.6 Å². The number of benzene rings is 2.